The number of benzene rings is 1. The molecule has 3 heterocycles. The molecule has 2 amide bonds. The zero-order chi connectivity index (χ0) is 23.2. The molecular weight excluding hydrogens is 424 g/mol. The van der Waals surface area contributed by atoms with Crippen molar-refractivity contribution in [2.45, 2.75) is 25.3 Å². The van der Waals surface area contributed by atoms with E-state index in [1.165, 1.54) is 0 Å². The van der Waals surface area contributed by atoms with Crippen molar-refractivity contribution < 1.29 is 23.8 Å². The molecule has 1 saturated heterocycles. The zero-order valence-corrected chi connectivity index (χ0v) is 18.8. The highest BCUT2D eigenvalue weighted by atomic mass is 16.5. The van der Waals surface area contributed by atoms with Crippen LogP contribution in [-0.4, -0.2) is 72.4 Å². The quantitative estimate of drug-likeness (QED) is 0.630. The van der Waals surface area contributed by atoms with Gasteiger partial charge in [-0.3, -0.25) is 14.5 Å². The van der Waals surface area contributed by atoms with Crippen LogP contribution in [0, 0.1) is 5.92 Å². The first kappa shape index (κ1) is 23.0. The van der Waals surface area contributed by atoms with E-state index < -0.39 is 0 Å². The molecule has 1 aromatic carbocycles. The van der Waals surface area contributed by atoms with E-state index >= 15 is 0 Å². The van der Waals surface area contributed by atoms with Gasteiger partial charge in [-0.1, -0.05) is 0 Å². The molecule has 9 heteroatoms. The first-order valence-corrected chi connectivity index (χ1v) is 11.3. The smallest absolute Gasteiger partial charge is 0.257 e. The molecule has 9 nitrogen and oxygen atoms in total. The number of ether oxygens (including phenoxy) is 1. The van der Waals surface area contributed by atoms with Crippen LogP contribution in [0.2, 0.25) is 0 Å². The predicted molar refractivity (Wildman–Crippen MR) is 122 cm³/mol. The number of aliphatic hydroxyl groups is 1. The molecule has 0 aliphatic carbocycles. The van der Waals surface area contributed by atoms with Crippen LogP contribution in [0.3, 0.4) is 0 Å². The van der Waals surface area contributed by atoms with E-state index in [-0.39, 0.29) is 43.5 Å². The normalized spacial score (nSPS) is 19.4. The predicted octanol–water partition coefficient (Wildman–Crippen LogP) is 1.79. The number of hydrazone groups is 1. The van der Waals surface area contributed by atoms with Crippen LogP contribution >= 0.6 is 0 Å². The van der Waals surface area contributed by atoms with Gasteiger partial charge in [0.25, 0.3) is 5.91 Å². The summed E-state index contributed by atoms with van der Waals surface area (Å²) in [4.78, 5) is 27.5. The van der Waals surface area contributed by atoms with Crippen molar-refractivity contribution in [3.05, 3.63) is 54.0 Å². The molecule has 4 rings (SSSR count). The summed E-state index contributed by atoms with van der Waals surface area (Å²) in [6, 6.07) is 11.0. The standard InChI is InChI=1S/C24H30N4O5/c1-32-19-6-4-17(5-7-19)20-15-21(22-3-2-14-33-22)28(26-20)23(30)16-27-11-8-18(9-12-27)24(31)25-10-13-29/h2-7,14,18,21,29H,8-13,15-16H2,1H3,(H,25,31)/t21-/m0/s1. The number of nitrogens with zero attached hydrogens (tertiary/aromatic N) is 3. The Balaban J connectivity index is 1.42. The van der Waals surface area contributed by atoms with Gasteiger partial charge in [-0.15, -0.1) is 0 Å². The second-order valence-electron chi connectivity index (χ2n) is 8.31. The Labute approximate surface area is 193 Å². The fourth-order valence-electron chi connectivity index (χ4n) is 4.34. The molecule has 0 spiro atoms. The number of amides is 2. The number of aliphatic hydroxyl groups excluding tert-OH is 1. The Morgan fingerprint density at radius 2 is 1.97 bits per heavy atom. The summed E-state index contributed by atoms with van der Waals surface area (Å²) in [5.74, 6) is 1.27. The van der Waals surface area contributed by atoms with Crippen molar-refractivity contribution in [2.24, 2.45) is 11.0 Å². The number of hydrogen-bond donors (Lipinski definition) is 2. The van der Waals surface area contributed by atoms with Gasteiger partial charge in [-0.25, -0.2) is 5.01 Å². The fourth-order valence-corrected chi connectivity index (χ4v) is 4.34. The lowest BCUT2D eigenvalue weighted by atomic mass is 9.96. The van der Waals surface area contributed by atoms with E-state index in [1.807, 2.05) is 36.4 Å². The number of likely N-dealkylation sites (tertiary alicyclic amines) is 1. The summed E-state index contributed by atoms with van der Waals surface area (Å²) in [5.41, 5.74) is 1.77. The summed E-state index contributed by atoms with van der Waals surface area (Å²) < 4.78 is 10.9. The number of furan rings is 1. The van der Waals surface area contributed by atoms with E-state index in [2.05, 4.69) is 15.3 Å². The number of methoxy groups -OCH3 is 1. The molecule has 2 aromatic rings. The molecule has 0 bridgehead atoms. The average Bonchev–Trinajstić information content (AvgIpc) is 3.53. The molecule has 2 N–H and O–H groups in total. The number of piperidine rings is 1. The second-order valence-corrected chi connectivity index (χ2v) is 8.31. The molecule has 0 saturated carbocycles. The van der Waals surface area contributed by atoms with Crippen molar-refractivity contribution >= 4 is 17.5 Å². The van der Waals surface area contributed by atoms with Crippen molar-refractivity contribution in [3.8, 4) is 5.75 Å². The van der Waals surface area contributed by atoms with Gasteiger partial charge in [0.2, 0.25) is 5.91 Å². The Morgan fingerprint density at radius 3 is 2.61 bits per heavy atom. The van der Waals surface area contributed by atoms with Crippen LogP contribution in [0.25, 0.3) is 0 Å². The molecule has 1 atom stereocenters. The third-order valence-corrected chi connectivity index (χ3v) is 6.19. The van der Waals surface area contributed by atoms with Crippen molar-refractivity contribution in [3.63, 3.8) is 0 Å². The Hall–Kier alpha value is -3.17. The molecule has 2 aliphatic rings. The van der Waals surface area contributed by atoms with E-state index in [0.717, 1.165) is 17.0 Å². The van der Waals surface area contributed by atoms with E-state index in [4.69, 9.17) is 14.3 Å². The van der Waals surface area contributed by atoms with Crippen LogP contribution < -0.4 is 10.1 Å². The van der Waals surface area contributed by atoms with Crippen LogP contribution in [0.1, 0.15) is 36.6 Å². The third kappa shape index (κ3) is 5.43. The van der Waals surface area contributed by atoms with Gasteiger partial charge in [0, 0.05) is 18.9 Å². The van der Waals surface area contributed by atoms with Gasteiger partial charge in [0.1, 0.15) is 17.6 Å². The molecule has 33 heavy (non-hydrogen) atoms. The molecule has 2 aliphatic heterocycles. The maximum Gasteiger partial charge on any atom is 0.257 e. The number of carbonyl (C=O) groups is 2. The Bertz CT molecular complexity index is 965. The summed E-state index contributed by atoms with van der Waals surface area (Å²) in [5, 5.41) is 17.8. The van der Waals surface area contributed by atoms with Crippen molar-refractivity contribution in [1.29, 1.82) is 0 Å². The van der Waals surface area contributed by atoms with Gasteiger partial charge in [-0.05, 0) is 67.9 Å². The largest absolute Gasteiger partial charge is 0.497 e. The summed E-state index contributed by atoms with van der Waals surface area (Å²) >= 11 is 0. The van der Waals surface area contributed by atoms with E-state index in [1.54, 1.807) is 18.4 Å². The topological polar surface area (TPSA) is 108 Å². The summed E-state index contributed by atoms with van der Waals surface area (Å²) in [7, 11) is 1.62. The molecular formula is C24H30N4O5. The summed E-state index contributed by atoms with van der Waals surface area (Å²) in [6.45, 7) is 1.77. The van der Waals surface area contributed by atoms with Crippen LogP contribution in [0.15, 0.2) is 52.2 Å². The Morgan fingerprint density at radius 1 is 1.21 bits per heavy atom. The molecule has 1 aromatic heterocycles. The van der Waals surface area contributed by atoms with Gasteiger partial charge < -0.3 is 19.6 Å². The minimum Gasteiger partial charge on any atom is -0.497 e. The van der Waals surface area contributed by atoms with Gasteiger partial charge in [-0.2, -0.15) is 5.10 Å². The molecule has 1 fully saturated rings. The highest BCUT2D eigenvalue weighted by Gasteiger charge is 2.36. The second kappa shape index (κ2) is 10.6. The third-order valence-electron chi connectivity index (χ3n) is 6.19. The highest BCUT2D eigenvalue weighted by Crippen LogP contribution is 2.33. The number of carbonyl (C=O) groups excluding carboxylic acids is 2. The molecule has 0 unspecified atom stereocenters. The number of nitrogens with one attached hydrogen (secondary N) is 1. The van der Waals surface area contributed by atoms with Gasteiger partial charge >= 0.3 is 0 Å². The maximum absolute atomic E-state index is 13.3. The minimum atomic E-state index is -0.286. The first-order valence-electron chi connectivity index (χ1n) is 11.3. The minimum absolute atomic E-state index is 0.0267. The lowest BCUT2D eigenvalue weighted by Crippen LogP contribution is -2.45. The lowest BCUT2D eigenvalue weighted by Gasteiger charge is -2.32. The Kier molecular flexibility index (Phi) is 7.41. The van der Waals surface area contributed by atoms with Gasteiger partial charge in [0.05, 0.1) is 32.2 Å². The van der Waals surface area contributed by atoms with Crippen LogP contribution in [0.5, 0.6) is 5.75 Å². The van der Waals surface area contributed by atoms with Crippen molar-refractivity contribution in [1.82, 2.24) is 15.2 Å². The highest BCUT2D eigenvalue weighted by molar-refractivity contribution is 6.03. The van der Waals surface area contributed by atoms with Gasteiger partial charge in [0.15, 0.2) is 0 Å². The van der Waals surface area contributed by atoms with Crippen molar-refractivity contribution in [2.75, 3.05) is 39.9 Å². The monoisotopic (exact) mass is 454 g/mol. The SMILES string of the molecule is COc1ccc(C2=NN(C(=O)CN3CCC(C(=O)NCCO)CC3)[C@H](c3ccco3)C2)cc1. The van der Waals surface area contributed by atoms with E-state index in [0.29, 0.717) is 38.1 Å². The lowest BCUT2D eigenvalue weighted by molar-refractivity contribution is -0.135. The zero-order valence-electron chi connectivity index (χ0n) is 18.8. The molecule has 176 valence electrons. The molecule has 0 radical (unpaired) electrons. The van der Waals surface area contributed by atoms with Crippen LogP contribution in [0.4, 0.5) is 0 Å². The fraction of sp³-hybridized carbons (Fsp3) is 0.458. The van der Waals surface area contributed by atoms with E-state index in [9.17, 15) is 9.59 Å². The maximum atomic E-state index is 13.3. The average molecular weight is 455 g/mol. The van der Waals surface area contributed by atoms with Crippen LogP contribution in [-0.2, 0) is 9.59 Å². The number of rotatable bonds is 8. The number of hydrogen-bond acceptors (Lipinski definition) is 7. The summed E-state index contributed by atoms with van der Waals surface area (Å²) in [6.07, 6.45) is 3.55. The first-order chi connectivity index (χ1) is 16.1.